The molecule has 0 unspecified atom stereocenters. The first-order chi connectivity index (χ1) is 12.0. The van der Waals surface area contributed by atoms with Crippen molar-refractivity contribution in [3.05, 3.63) is 59.2 Å². The van der Waals surface area contributed by atoms with E-state index in [-0.39, 0.29) is 5.91 Å². The van der Waals surface area contributed by atoms with Crippen molar-refractivity contribution in [2.24, 2.45) is 0 Å². The standard InChI is InChI=1S/C20H25N3OS/c1-5-23(6-2)19(24)16-10-12-17(13-11-16)21-20(25)22-18-14(3)8-7-9-15(18)4/h7-13H,5-6H2,1-4H3,(H2,21,22,25). The average molecular weight is 356 g/mol. The molecule has 2 aromatic rings. The molecule has 0 aliphatic rings. The summed E-state index contributed by atoms with van der Waals surface area (Å²) in [7, 11) is 0. The van der Waals surface area contributed by atoms with Crippen LogP contribution in [-0.2, 0) is 0 Å². The molecule has 0 heterocycles. The van der Waals surface area contributed by atoms with Gasteiger partial charge in [0, 0.05) is 30.0 Å². The van der Waals surface area contributed by atoms with Gasteiger partial charge in [-0.3, -0.25) is 4.79 Å². The van der Waals surface area contributed by atoms with Gasteiger partial charge in [-0.05, 0) is 75.3 Å². The Morgan fingerprint density at radius 2 is 1.52 bits per heavy atom. The number of hydrogen-bond donors (Lipinski definition) is 2. The summed E-state index contributed by atoms with van der Waals surface area (Å²) in [6.45, 7) is 9.47. The second-order valence-corrected chi connectivity index (χ2v) is 6.31. The molecule has 2 aromatic carbocycles. The quantitative estimate of drug-likeness (QED) is 0.770. The molecule has 0 aromatic heterocycles. The Kier molecular flexibility index (Phi) is 6.53. The summed E-state index contributed by atoms with van der Waals surface area (Å²) in [4.78, 5) is 14.1. The Hall–Kier alpha value is -2.40. The highest BCUT2D eigenvalue weighted by molar-refractivity contribution is 7.80. The van der Waals surface area contributed by atoms with Gasteiger partial charge in [-0.25, -0.2) is 0 Å². The molecule has 2 rings (SSSR count). The molecule has 4 nitrogen and oxygen atoms in total. The summed E-state index contributed by atoms with van der Waals surface area (Å²) in [5.74, 6) is 0.0489. The highest BCUT2D eigenvalue weighted by atomic mass is 32.1. The number of carbonyl (C=O) groups is 1. The van der Waals surface area contributed by atoms with E-state index in [1.807, 2.05) is 70.2 Å². The molecule has 132 valence electrons. The van der Waals surface area contributed by atoms with Crippen LogP contribution in [0.2, 0.25) is 0 Å². The van der Waals surface area contributed by atoms with Crippen LogP contribution in [-0.4, -0.2) is 29.0 Å². The molecule has 2 N–H and O–H groups in total. The molecule has 0 atom stereocenters. The number of para-hydroxylation sites is 1. The Labute approximate surface area is 155 Å². The van der Waals surface area contributed by atoms with Crippen molar-refractivity contribution in [2.45, 2.75) is 27.7 Å². The number of nitrogens with zero attached hydrogens (tertiary/aromatic N) is 1. The monoisotopic (exact) mass is 355 g/mol. The van der Waals surface area contributed by atoms with E-state index in [0.29, 0.717) is 23.8 Å². The third-order valence-electron chi connectivity index (χ3n) is 4.16. The lowest BCUT2D eigenvalue weighted by Crippen LogP contribution is -2.30. The molecule has 0 aliphatic heterocycles. The second-order valence-electron chi connectivity index (χ2n) is 5.90. The fourth-order valence-electron chi connectivity index (χ4n) is 2.68. The molecule has 0 spiro atoms. The summed E-state index contributed by atoms with van der Waals surface area (Å²) < 4.78 is 0. The van der Waals surface area contributed by atoms with Crippen molar-refractivity contribution in [2.75, 3.05) is 23.7 Å². The van der Waals surface area contributed by atoms with Gasteiger partial charge >= 0.3 is 0 Å². The predicted octanol–water partition coefficient (Wildman–Crippen LogP) is 4.59. The smallest absolute Gasteiger partial charge is 0.253 e. The van der Waals surface area contributed by atoms with E-state index in [1.54, 1.807) is 4.90 Å². The van der Waals surface area contributed by atoms with E-state index in [0.717, 1.165) is 22.5 Å². The summed E-state index contributed by atoms with van der Waals surface area (Å²) in [6.07, 6.45) is 0. The minimum Gasteiger partial charge on any atom is -0.339 e. The van der Waals surface area contributed by atoms with Crippen LogP contribution < -0.4 is 10.6 Å². The topological polar surface area (TPSA) is 44.4 Å². The first kappa shape index (κ1) is 18.9. The number of thiocarbonyl (C=S) groups is 1. The molecule has 0 aliphatic carbocycles. The zero-order valence-corrected chi connectivity index (χ0v) is 16.0. The van der Waals surface area contributed by atoms with Crippen LogP contribution in [0.15, 0.2) is 42.5 Å². The average Bonchev–Trinajstić information content (AvgIpc) is 2.60. The molecule has 5 heteroatoms. The van der Waals surface area contributed by atoms with Crippen LogP contribution in [0.25, 0.3) is 0 Å². The van der Waals surface area contributed by atoms with Gasteiger partial charge in [0.2, 0.25) is 0 Å². The maximum Gasteiger partial charge on any atom is 0.253 e. The van der Waals surface area contributed by atoms with Gasteiger partial charge in [-0.2, -0.15) is 0 Å². The largest absolute Gasteiger partial charge is 0.339 e. The van der Waals surface area contributed by atoms with Gasteiger partial charge in [-0.1, -0.05) is 18.2 Å². The zero-order valence-electron chi connectivity index (χ0n) is 15.2. The van der Waals surface area contributed by atoms with Gasteiger partial charge in [0.25, 0.3) is 5.91 Å². The van der Waals surface area contributed by atoms with E-state index in [1.165, 1.54) is 0 Å². The van der Waals surface area contributed by atoms with Crippen LogP contribution in [0, 0.1) is 13.8 Å². The van der Waals surface area contributed by atoms with Crippen LogP contribution in [0.4, 0.5) is 11.4 Å². The Balaban J connectivity index is 2.03. The van der Waals surface area contributed by atoms with Gasteiger partial charge in [-0.15, -0.1) is 0 Å². The Morgan fingerprint density at radius 3 is 2.04 bits per heavy atom. The van der Waals surface area contributed by atoms with Crippen LogP contribution in [0.5, 0.6) is 0 Å². The molecule has 25 heavy (non-hydrogen) atoms. The van der Waals surface area contributed by atoms with Crippen molar-refractivity contribution < 1.29 is 4.79 Å². The maximum atomic E-state index is 12.3. The number of hydrogen-bond acceptors (Lipinski definition) is 2. The molecular formula is C20H25N3OS. The van der Waals surface area contributed by atoms with Crippen molar-refractivity contribution in [3.8, 4) is 0 Å². The van der Waals surface area contributed by atoms with Gasteiger partial charge in [0.05, 0.1) is 0 Å². The Bertz CT molecular complexity index is 732. The van der Waals surface area contributed by atoms with E-state index < -0.39 is 0 Å². The molecular weight excluding hydrogens is 330 g/mol. The first-order valence-electron chi connectivity index (χ1n) is 8.49. The molecule has 1 amide bonds. The predicted molar refractivity (Wildman–Crippen MR) is 109 cm³/mol. The second kappa shape index (κ2) is 8.62. The van der Waals surface area contributed by atoms with Crippen molar-refractivity contribution in [3.63, 3.8) is 0 Å². The number of aryl methyl sites for hydroxylation is 2. The lowest BCUT2D eigenvalue weighted by molar-refractivity contribution is 0.0773. The fraction of sp³-hybridized carbons (Fsp3) is 0.300. The van der Waals surface area contributed by atoms with Crippen molar-refractivity contribution in [1.29, 1.82) is 0 Å². The minimum atomic E-state index is 0.0489. The molecule has 0 radical (unpaired) electrons. The van der Waals surface area contributed by atoms with E-state index in [2.05, 4.69) is 10.6 Å². The maximum absolute atomic E-state index is 12.3. The lowest BCUT2D eigenvalue weighted by atomic mass is 10.1. The number of rotatable bonds is 5. The van der Waals surface area contributed by atoms with Gasteiger partial charge < -0.3 is 15.5 Å². The van der Waals surface area contributed by atoms with Crippen molar-refractivity contribution in [1.82, 2.24) is 4.90 Å². The Morgan fingerprint density at radius 1 is 0.960 bits per heavy atom. The molecule has 0 fully saturated rings. The van der Waals surface area contributed by atoms with Crippen molar-refractivity contribution >= 4 is 34.6 Å². The van der Waals surface area contributed by atoms with Gasteiger partial charge in [0.15, 0.2) is 5.11 Å². The van der Waals surface area contributed by atoms with E-state index in [9.17, 15) is 4.79 Å². The highest BCUT2D eigenvalue weighted by Crippen LogP contribution is 2.20. The number of carbonyl (C=O) groups excluding carboxylic acids is 1. The first-order valence-corrected chi connectivity index (χ1v) is 8.90. The number of amides is 1. The van der Waals surface area contributed by atoms with Gasteiger partial charge in [0.1, 0.15) is 0 Å². The fourth-order valence-corrected chi connectivity index (χ4v) is 2.90. The van der Waals surface area contributed by atoms with E-state index >= 15 is 0 Å². The molecule has 0 saturated heterocycles. The summed E-state index contributed by atoms with van der Waals surface area (Å²) in [5, 5.41) is 6.94. The van der Waals surface area contributed by atoms with Crippen LogP contribution in [0.1, 0.15) is 35.3 Å². The third-order valence-corrected chi connectivity index (χ3v) is 4.36. The lowest BCUT2D eigenvalue weighted by Gasteiger charge is -2.19. The summed E-state index contributed by atoms with van der Waals surface area (Å²) in [5.41, 5.74) is 4.84. The zero-order chi connectivity index (χ0) is 18.4. The summed E-state index contributed by atoms with van der Waals surface area (Å²) in [6, 6.07) is 13.5. The normalized spacial score (nSPS) is 10.2. The molecule has 0 saturated carbocycles. The minimum absolute atomic E-state index is 0.0489. The third kappa shape index (κ3) is 4.79. The van der Waals surface area contributed by atoms with Crippen LogP contribution in [0.3, 0.4) is 0 Å². The SMILES string of the molecule is CCN(CC)C(=O)c1ccc(NC(=S)Nc2c(C)cccc2C)cc1. The number of anilines is 2. The highest BCUT2D eigenvalue weighted by Gasteiger charge is 2.12. The van der Waals surface area contributed by atoms with E-state index in [4.69, 9.17) is 12.2 Å². The van der Waals surface area contributed by atoms with Crippen LogP contribution >= 0.6 is 12.2 Å². The molecule has 0 bridgehead atoms. The number of benzene rings is 2. The summed E-state index contributed by atoms with van der Waals surface area (Å²) >= 11 is 5.40. The number of nitrogens with one attached hydrogen (secondary N) is 2.